The molecule has 0 atom stereocenters. The van der Waals surface area contributed by atoms with Crippen molar-refractivity contribution < 1.29 is 9.42 Å². The maximum Gasteiger partial charge on any atom is 0.246 e. The van der Waals surface area contributed by atoms with Gasteiger partial charge in [0.05, 0.1) is 12.6 Å². The van der Waals surface area contributed by atoms with Crippen LogP contribution in [0.4, 0.5) is 5.82 Å². The number of rotatable bonds is 4. The van der Waals surface area contributed by atoms with Gasteiger partial charge in [-0.1, -0.05) is 11.2 Å². The standard InChI is InChI=1S/C9H9N5O2S/c10-9-7(13-16-14-9)4-8(15)12-11-5-6-2-1-3-17-6/h1-3,5H,4H2,(H2,10,14)(H,12,15)/b11-5-. The zero-order valence-electron chi connectivity index (χ0n) is 8.66. The molecular formula is C9H9N5O2S. The zero-order valence-corrected chi connectivity index (χ0v) is 9.48. The van der Waals surface area contributed by atoms with Gasteiger partial charge in [0.25, 0.3) is 0 Å². The van der Waals surface area contributed by atoms with Gasteiger partial charge in [0.2, 0.25) is 5.91 Å². The minimum Gasteiger partial charge on any atom is -0.379 e. The first-order valence-electron chi connectivity index (χ1n) is 4.68. The predicted octanol–water partition coefficient (Wildman–Crippen LogP) is 0.406. The van der Waals surface area contributed by atoms with E-state index in [2.05, 4.69) is 25.5 Å². The van der Waals surface area contributed by atoms with E-state index in [-0.39, 0.29) is 18.1 Å². The van der Waals surface area contributed by atoms with Crippen molar-refractivity contribution >= 4 is 29.3 Å². The van der Waals surface area contributed by atoms with Gasteiger partial charge in [0.1, 0.15) is 5.69 Å². The maximum absolute atomic E-state index is 11.4. The molecule has 2 aromatic rings. The van der Waals surface area contributed by atoms with E-state index in [1.165, 1.54) is 11.3 Å². The molecule has 7 nitrogen and oxygen atoms in total. The van der Waals surface area contributed by atoms with Crippen molar-refractivity contribution in [3.63, 3.8) is 0 Å². The van der Waals surface area contributed by atoms with E-state index in [9.17, 15) is 4.79 Å². The molecular weight excluding hydrogens is 242 g/mol. The van der Waals surface area contributed by atoms with Gasteiger partial charge in [-0.2, -0.15) is 5.10 Å². The molecule has 3 N–H and O–H groups in total. The van der Waals surface area contributed by atoms with Crippen LogP contribution in [0.2, 0.25) is 0 Å². The number of anilines is 1. The average molecular weight is 251 g/mol. The van der Waals surface area contributed by atoms with Gasteiger partial charge < -0.3 is 5.73 Å². The van der Waals surface area contributed by atoms with Crippen molar-refractivity contribution in [3.05, 3.63) is 28.1 Å². The van der Waals surface area contributed by atoms with Crippen molar-refractivity contribution in [3.8, 4) is 0 Å². The molecule has 0 bridgehead atoms. The molecule has 17 heavy (non-hydrogen) atoms. The fourth-order valence-electron chi connectivity index (χ4n) is 1.06. The number of nitrogens with zero attached hydrogens (tertiary/aromatic N) is 3. The molecule has 0 saturated heterocycles. The van der Waals surface area contributed by atoms with E-state index in [4.69, 9.17) is 5.73 Å². The minimum absolute atomic E-state index is 0.0168. The molecule has 1 amide bonds. The highest BCUT2D eigenvalue weighted by atomic mass is 32.1. The number of nitrogens with one attached hydrogen (secondary N) is 1. The van der Waals surface area contributed by atoms with Crippen LogP contribution >= 0.6 is 11.3 Å². The molecule has 2 aromatic heterocycles. The third-order valence-electron chi connectivity index (χ3n) is 1.84. The maximum atomic E-state index is 11.4. The number of carbonyl (C=O) groups is 1. The van der Waals surface area contributed by atoms with Gasteiger partial charge in [0, 0.05) is 4.88 Å². The number of thiophene rings is 1. The molecule has 0 aliphatic heterocycles. The summed E-state index contributed by atoms with van der Waals surface area (Å²) in [4.78, 5) is 12.4. The molecule has 0 aromatic carbocycles. The Kier molecular flexibility index (Phi) is 3.46. The summed E-state index contributed by atoms with van der Waals surface area (Å²) in [5.41, 5.74) is 8.07. The number of amides is 1. The topological polar surface area (TPSA) is 106 Å². The van der Waals surface area contributed by atoms with Crippen LogP contribution in [0.25, 0.3) is 0 Å². The summed E-state index contributed by atoms with van der Waals surface area (Å²) >= 11 is 1.52. The first kappa shape index (κ1) is 11.3. The Hall–Kier alpha value is -2.22. The highest BCUT2D eigenvalue weighted by molar-refractivity contribution is 7.11. The van der Waals surface area contributed by atoms with Crippen LogP contribution in [0.15, 0.2) is 27.2 Å². The van der Waals surface area contributed by atoms with Crippen molar-refractivity contribution in [2.24, 2.45) is 5.10 Å². The molecule has 8 heteroatoms. The molecule has 0 unspecified atom stereocenters. The average Bonchev–Trinajstić information content (AvgIpc) is 2.92. The fraction of sp³-hybridized carbons (Fsp3) is 0.111. The van der Waals surface area contributed by atoms with Crippen molar-refractivity contribution in [2.75, 3.05) is 5.73 Å². The normalized spacial score (nSPS) is 10.8. The summed E-state index contributed by atoms with van der Waals surface area (Å²) in [6.45, 7) is 0. The number of hydrogen-bond donors (Lipinski definition) is 2. The summed E-state index contributed by atoms with van der Waals surface area (Å²) in [6.07, 6.45) is 1.55. The summed E-state index contributed by atoms with van der Waals surface area (Å²) in [5, 5.41) is 12.6. The molecule has 0 radical (unpaired) electrons. The highest BCUT2D eigenvalue weighted by Gasteiger charge is 2.10. The van der Waals surface area contributed by atoms with Gasteiger partial charge >= 0.3 is 0 Å². The Labute approximate surface area is 100 Å². The van der Waals surface area contributed by atoms with E-state index in [1.54, 1.807) is 6.21 Å². The van der Waals surface area contributed by atoms with Gasteiger partial charge in [-0.05, 0) is 16.6 Å². The number of aromatic nitrogens is 2. The third kappa shape index (κ3) is 3.11. The second-order valence-corrected chi connectivity index (χ2v) is 4.06. The lowest BCUT2D eigenvalue weighted by atomic mass is 10.3. The molecule has 2 rings (SSSR count). The lowest BCUT2D eigenvalue weighted by Crippen LogP contribution is -2.20. The third-order valence-corrected chi connectivity index (χ3v) is 2.64. The second kappa shape index (κ2) is 5.21. The van der Waals surface area contributed by atoms with Crippen LogP contribution in [-0.2, 0) is 11.2 Å². The summed E-state index contributed by atoms with van der Waals surface area (Å²) < 4.78 is 4.37. The number of hydrogen-bond acceptors (Lipinski definition) is 7. The molecule has 0 aliphatic carbocycles. The number of carbonyl (C=O) groups excluding carboxylic acids is 1. The Balaban J connectivity index is 1.84. The van der Waals surface area contributed by atoms with Crippen LogP contribution < -0.4 is 11.2 Å². The lowest BCUT2D eigenvalue weighted by Gasteiger charge is -1.95. The highest BCUT2D eigenvalue weighted by Crippen LogP contribution is 2.05. The Morgan fingerprint density at radius 2 is 2.53 bits per heavy atom. The molecule has 0 aliphatic rings. The smallest absolute Gasteiger partial charge is 0.246 e. The van der Waals surface area contributed by atoms with E-state index < -0.39 is 0 Å². The van der Waals surface area contributed by atoms with E-state index in [0.29, 0.717) is 5.69 Å². The van der Waals surface area contributed by atoms with Crippen LogP contribution in [0.5, 0.6) is 0 Å². The Morgan fingerprint density at radius 1 is 1.65 bits per heavy atom. The van der Waals surface area contributed by atoms with Gasteiger partial charge in [-0.15, -0.1) is 11.3 Å². The summed E-state index contributed by atoms with van der Waals surface area (Å²) in [5.74, 6) is -0.220. The molecule has 88 valence electrons. The fourth-order valence-corrected chi connectivity index (χ4v) is 1.65. The van der Waals surface area contributed by atoms with E-state index in [1.807, 2.05) is 17.5 Å². The van der Waals surface area contributed by atoms with Gasteiger partial charge in [0.15, 0.2) is 5.82 Å². The lowest BCUT2D eigenvalue weighted by molar-refractivity contribution is -0.120. The molecule has 0 fully saturated rings. The predicted molar refractivity (Wildman–Crippen MR) is 62.5 cm³/mol. The zero-order chi connectivity index (χ0) is 12.1. The van der Waals surface area contributed by atoms with Crippen molar-refractivity contribution in [2.45, 2.75) is 6.42 Å². The minimum atomic E-state index is -0.333. The molecule has 0 spiro atoms. The summed E-state index contributed by atoms with van der Waals surface area (Å²) in [6, 6.07) is 3.79. The SMILES string of the molecule is Nc1nonc1CC(=O)N/N=C\c1cccs1. The Morgan fingerprint density at radius 3 is 3.18 bits per heavy atom. The van der Waals surface area contributed by atoms with E-state index in [0.717, 1.165) is 4.88 Å². The number of nitrogens with two attached hydrogens (primary N) is 1. The number of nitrogen functional groups attached to an aromatic ring is 1. The second-order valence-electron chi connectivity index (χ2n) is 3.08. The van der Waals surface area contributed by atoms with Crippen LogP contribution in [0.1, 0.15) is 10.6 Å². The van der Waals surface area contributed by atoms with Gasteiger partial charge in [-0.3, -0.25) is 4.79 Å². The first-order valence-corrected chi connectivity index (χ1v) is 5.56. The van der Waals surface area contributed by atoms with Crippen molar-refractivity contribution in [1.29, 1.82) is 0 Å². The van der Waals surface area contributed by atoms with Crippen LogP contribution in [-0.4, -0.2) is 22.4 Å². The summed E-state index contributed by atoms with van der Waals surface area (Å²) in [7, 11) is 0. The van der Waals surface area contributed by atoms with Crippen molar-refractivity contribution in [1.82, 2.24) is 15.7 Å². The largest absolute Gasteiger partial charge is 0.379 e. The first-order chi connectivity index (χ1) is 8.25. The number of hydrazone groups is 1. The van der Waals surface area contributed by atoms with Crippen LogP contribution in [0, 0.1) is 0 Å². The van der Waals surface area contributed by atoms with Gasteiger partial charge in [-0.25, -0.2) is 10.1 Å². The molecule has 0 saturated carbocycles. The quantitative estimate of drug-likeness (QED) is 0.604. The monoisotopic (exact) mass is 251 g/mol. The van der Waals surface area contributed by atoms with Crippen LogP contribution in [0.3, 0.4) is 0 Å². The Bertz CT molecular complexity index is 519. The van der Waals surface area contributed by atoms with E-state index >= 15 is 0 Å². The molecule has 2 heterocycles.